The van der Waals surface area contributed by atoms with Crippen molar-refractivity contribution in [2.75, 3.05) is 0 Å². The summed E-state index contributed by atoms with van der Waals surface area (Å²) < 4.78 is 112. The number of nitrogens with zero attached hydrogens (tertiary/aromatic N) is 3. The third-order valence-corrected chi connectivity index (χ3v) is 5.76. The van der Waals surface area contributed by atoms with E-state index in [1.165, 1.54) is 30.3 Å². The van der Waals surface area contributed by atoms with E-state index in [1.54, 1.807) is 30.5 Å². The van der Waals surface area contributed by atoms with E-state index in [0.717, 1.165) is 11.6 Å². The zero-order valence-corrected chi connectivity index (χ0v) is 24.0. The Labute approximate surface area is 269 Å². The molecule has 0 N–H and O–H groups in total. The van der Waals surface area contributed by atoms with Gasteiger partial charge in [0.2, 0.25) is 5.71 Å². The molecule has 0 aliphatic carbocycles. The molecular weight excluding hydrogens is 671 g/mol. The van der Waals surface area contributed by atoms with Crippen molar-refractivity contribution in [3.63, 3.8) is 0 Å². The molecule has 1 radical (unpaired) electrons. The molecule has 4 nitrogen and oxygen atoms in total. The van der Waals surface area contributed by atoms with Crippen molar-refractivity contribution < 1.29 is 43.7 Å². The third-order valence-electron chi connectivity index (χ3n) is 5.76. The first-order valence-electron chi connectivity index (χ1n) is 19.1. The van der Waals surface area contributed by atoms with Crippen LogP contribution >= 0.6 is 0 Å². The maximum Gasteiger partial charge on any atom is 0.216 e. The van der Waals surface area contributed by atoms with Crippen LogP contribution in [0.15, 0.2) is 77.5 Å². The predicted molar refractivity (Wildman–Crippen MR) is 160 cm³/mol. The van der Waals surface area contributed by atoms with Crippen molar-refractivity contribution >= 4 is 22.1 Å². The van der Waals surface area contributed by atoms with Crippen LogP contribution in [0.25, 0.3) is 44.6 Å². The van der Waals surface area contributed by atoms with E-state index in [2.05, 4.69) is 27.1 Å². The summed E-state index contributed by atoms with van der Waals surface area (Å²) in [6.07, 6.45) is 1.09. The average molecular weight is 718 g/mol. The van der Waals surface area contributed by atoms with E-state index in [9.17, 15) is 0 Å². The second kappa shape index (κ2) is 12.7. The van der Waals surface area contributed by atoms with Crippen LogP contribution in [0.4, 0.5) is 0 Å². The van der Waals surface area contributed by atoms with Crippen LogP contribution in [0.5, 0.6) is 0 Å². The molecule has 0 saturated carbocycles. The van der Waals surface area contributed by atoms with Crippen LogP contribution in [-0.4, -0.2) is 15.0 Å². The van der Waals surface area contributed by atoms with Gasteiger partial charge in [0.1, 0.15) is 0 Å². The Morgan fingerprint density at radius 2 is 1.80 bits per heavy atom. The second-order valence-electron chi connectivity index (χ2n) is 9.08. The Kier molecular flexibility index (Phi) is 5.05. The second-order valence-corrected chi connectivity index (χ2v) is 9.08. The third kappa shape index (κ3) is 6.55. The molecule has 40 heavy (non-hydrogen) atoms. The van der Waals surface area contributed by atoms with Crippen molar-refractivity contribution in [1.82, 2.24) is 15.0 Å². The number of fused-ring (bicyclic) bond motifs is 3. The smallest absolute Gasteiger partial charge is 0.216 e. The van der Waals surface area contributed by atoms with Crippen LogP contribution in [0.1, 0.15) is 61.0 Å². The van der Waals surface area contributed by atoms with E-state index in [4.69, 9.17) is 23.6 Å². The number of rotatable bonds is 4. The molecule has 0 bridgehead atoms. The number of hydrogen-bond acceptors (Lipinski definition) is 4. The number of aromatic nitrogens is 3. The van der Waals surface area contributed by atoms with Gasteiger partial charge in [-0.15, -0.1) is 53.6 Å². The fourth-order valence-electron chi connectivity index (χ4n) is 3.99. The van der Waals surface area contributed by atoms with Gasteiger partial charge in [-0.3, -0.25) is 0 Å². The largest absolute Gasteiger partial charge is 0.486 e. The molecule has 0 unspecified atom stereocenters. The molecule has 4 aromatic heterocycles. The maximum atomic E-state index is 8.36. The SMILES string of the molecule is [2H]C([2H])([2H])c1c[c-]c(-c2cc(C([2H])([2H])[2H])c(C([2H])([2H])[2H])cn2)cc1.[2H]C([2H])([2H])c1ccc2c(n1)oc1c(-c3cc(C([2H])([2H])C(C)C)ccn3)[c-]ccc12.[Ir]. The zero-order chi connectivity index (χ0) is 39.3. The summed E-state index contributed by atoms with van der Waals surface area (Å²) in [6.45, 7) is -6.12. The van der Waals surface area contributed by atoms with Gasteiger partial charge < -0.3 is 14.4 Å². The fourth-order valence-corrected chi connectivity index (χ4v) is 3.99. The normalized spacial score (nSPS) is 17.7. The van der Waals surface area contributed by atoms with E-state index < -0.39 is 33.8 Å². The summed E-state index contributed by atoms with van der Waals surface area (Å²) >= 11 is 0. The number of benzene rings is 2. The van der Waals surface area contributed by atoms with Gasteiger partial charge in [0, 0.05) is 62.8 Å². The van der Waals surface area contributed by atoms with Gasteiger partial charge in [-0.05, 0) is 68.0 Å². The fraction of sp³-hybridized carbons (Fsp3) is 0.229. The minimum atomic E-state index is -2.61. The minimum Gasteiger partial charge on any atom is -0.486 e. The summed E-state index contributed by atoms with van der Waals surface area (Å²) in [5.74, 6) is -0.203. The first-order valence-corrected chi connectivity index (χ1v) is 12.1. The first kappa shape index (κ1) is 16.0. The molecule has 0 aliphatic heterocycles. The molecule has 0 fully saturated rings. The maximum absolute atomic E-state index is 8.36. The standard InChI is InChI=1S/C21H19N2O.C14H14N.Ir/c1-13(2)11-15-9-10-22-19(12-15)18-6-4-5-16-17-8-7-14(3)23-21(17)24-20(16)18;1-10-4-6-13(7-5-10)14-8-11(2)12(3)9-15-14;/h4-5,7-10,12-13H,11H2,1-3H3;4-6,8-9H,1-3H3;/q2*-1;/i3D3,11D2;1D3,2D3,3D3;. The summed E-state index contributed by atoms with van der Waals surface area (Å²) in [5.41, 5.74) is 2.41. The van der Waals surface area contributed by atoms with Crippen LogP contribution in [0, 0.1) is 45.5 Å². The zero-order valence-electron chi connectivity index (χ0n) is 35.6. The minimum absolute atomic E-state index is 0. The molecule has 2 aromatic carbocycles. The van der Waals surface area contributed by atoms with Crippen molar-refractivity contribution in [3.05, 3.63) is 113 Å². The molecule has 0 amide bonds. The molecule has 0 atom stereocenters. The number of aryl methyl sites for hydroxylation is 4. The molecule has 0 saturated heterocycles. The van der Waals surface area contributed by atoms with E-state index in [1.807, 2.05) is 19.9 Å². The van der Waals surface area contributed by atoms with Crippen LogP contribution in [-0.2, 0) is 26.5 Å². The van der Waals surface area contributed by atoms with Gasteiger partial charge in [-0.25, -0.2) is 4.98 Å². The quantitative estimate of drug-likeness (QED) is 0.171. The van der Waals surface area contributed by atoms with Gasteiger partial charge in [0.15, 0.2) is 0 Å². The molecule has 0 spiro atoms. The molecule has 6 aromatic rings. The van der Waals surface area contributed by atoms with Crippen LogP contribution < -0.4 is 0 Å². The molecule has 0 aliphatic rings. The Morgan fingerprint density at radius 1 is 0.900 bits per heavy atom. The van der Waals surface area contributed by atoms with Gasteiger partial charge in [0.05, 0.1) is 5.58 Å². The average Bonchev–Trinajstić information content (AvgIpc) is 3.45. The Balaban J connectivity index is 0.000000241. The van der Waals surface area contributed by atoms with Gasteiger partial charge in [0.25, 0.3) is 0 Å². The Hall–Kier alpha value is -3.66. The first-order chi connectivity index (χ1) is 24.4. The predicted octanol–water partition coefficient (Wildman–Crippen LogP) is 8.82. The van der Waals surface area contributed by atoms with Gasteiger partial charge in [-0.1, -0.05) is 54.9 Å². The van der Waals surface area contributed by atoms with Crippen molar-refractivity contribution in [1.29, 1.82) is 0 Å². The summed E-state index contributed by atoms with van der Waals surface area (Å²) in [7, 11) is 0. The molecule has 5 heteroatoms. The molecule has 6 rings (SSSR count). The molecule has 205 valence electrons. The number of furan rings is 1. The monoisotopic (exact) mass is 718 g/mol. The summed E-state index contributed by atoms with van der Waals surface area (Å²) in [5, 5.41) is 1.48. The molecular formula is C35H33IrN3O-2. The van der Waals surface area contributed by atoms with Crippen molar-refractivity contribution in [3.8, 4) is 22.5 Å². The van der Waals surface area contributed by atoms with Gasteiger partial charge >= 0.3 is 0 Å². The van der Waals surface area contributed by atoms with Crippen molar-refractivity contribution in [2.24, 2.45) is 5.92 Å². The Morgan fingerprint density at radius 3 is 2.55 bits per heavy atom. The molecule has 4 heterocycles. The Bertz CT molecular complexity index is 2260. The van der Waals surface area contributed by atoms with E-state index >= 15 is 0 Å². The number of hydrogen-bond donors (Lipinski definition) is 0. The van der Waals surface area contributed by atoms with E-state index in [-0.39, 0.29) is 59.8 Å². The van der Waals surface area contributed by atoms with E-state index in [0.29, 0.717) is 33.4 Å². The summed E-state index contributed by atoms with van der Waals surface area (Å²) in [4.78, 5) is 12.6. The number of pyridine rings is 3. The van der Waals surface area contributed by atoms with Crippen LogP contribution in [0.2, 0.25) is 0 Å². The van der Waals surface area contributed by atoms with Crippen molar-refractivity contribution in [2.45, 2.75) is 47.6 Å². The topological polar surface area (TPSA) is 51.8 Å². The summed E-state index contributed by atoms with van der Waals surface area (Å²) in [6, 6.07) is 21.3. The van der Waals surface area contributed by atoms with Crippen LogP contribution in [0.3, 0.4) is 0 Å². The van der Waals surface area contributed by atoms with Gasteiger partial charge in [-0.2, -0.15) is 0 Å².